The average Bonchev–Trinajstić information content (AvgIpc) is 3.45. The number of aromatic nitrogens is 1. The molecule has 6 rings (SSSR count). The van der Waals surface area contributed by atoms with E-state index in [-0.39, 0.29) is 64.0 Å². The predicted octanol–water partition coefficient (Wildman–Crippen LogP) is 6.04. The number of benzene rings is 2. The van der Waals surface area contributed by atoms with E-state index in [4.69, 9.17) is 25.8 Å². The van der Waals surface area contributed by atoms with Crippen molar-refractivity contribution in [1.82, 2.24) is 10.3 Å². The van der Waals surface area contributed by atoms with Crippen LogP contribution in [-0.2, 0) is 9.59 Å². The third-order valence-electron chi connectivity index (χ3n) is 9.83. The van der Waals surface area contributed by atoms with Gasteiger partial charge in [-0.25, -0.2) is 4.98 Å². The van der Waals surface area contributed by atoms with Gasteiger partial charge in [-0.15, -0.1) is 11.8 Å². The molecule has 2 aromatic carbocycles. The molecule has 260 valence electrons. The number of fused-ring (bicyclic) bond motifs is 1. The monoisotopic (exact) mass is 716 g/mol. The van der Waals surface area contributed by atoms with Crippen LogP contribution < -0.4 is 24.4 Å². The second kappa shape index (κ2) is 14.2. The molecule has 0 radical (unpaired) electrons. The highest BCUT2D eigenvalue weighted by atomic mass is 35.5. The van der Waals surface area contributed by atoms with Crippen LogP contribution in [0, 0.1) is 17.2 Å². The topological polar surface area (TPSA) is 151 Å². The number of hydrogen-bond acceptors (Lipinski definition) is 11. The number of methoxy groups -OCH3 is 2. The SMILES string of the molecule is COc1cc(OC)c2c(c1Cl)OC1(C2=O)C(O)=C(C(CC(=O)NC2CCN(c3ncccc3C#N)CC2)c2ccc(SC)cc2)C(=O)CC1C. The van der Waals surface area contributed by atoms with Crippen LogP contribution in [0.3, 0.4) is 0 Å². The number of ether oxygens (including phenoxy) is 3. The molecule has 13 heteroatoms. The number of aliphatic hydroxyl groups is 1. The quantitative estimate of drug-likeness (QED) is 0.250. The standard InChI is InChI=1S/C37H37ClN4O7S/c1-20-16-26(43)30(34(45)37(20)35(46)31-27(47-2)18-28(48-3)32(38)33(31)49-37)25(21-7-9-24(50-4)10-8-21)17-29(44)41-23-11-14-42(15-12-23)36-22(19-39)6-5-13-40-36/h5-10,13,18,20,23,25,45H,11-12,14-17H2,1-4H3,(H,41,44). The molecule has 1 aromatic heterocycles. The van der Waals surface area contributed by atoms with Crippen molar-refractivity contribution in [3.63, 3.8) is 0 Å². The lowest BCUT2D eigenvalue weighted by atomic mass is 9.69. The lowest BCUT2D eigenvalue weighted by molar-refractivity contribution is -0.122. The average molecular weight is 717 g/mol. The molecule has 50 heavy (non-hydrogen) atoms. The Labute approximate surface area is 299 Å². The number of Topliss-reactive ketones (excluding diaryl/α,β-unsaturated/α-hetero) is 2. The molecule has 0 saturated carbocycles. The number of carbonyl (C=O) groups excluding carboxylic acids is 3. The zero-order valence-corrected chi connectivity index (χ0v) is 29.7. The normalized spacial score (nSPS) is 21.0. The Bertz CT molecular complexity index is 1920. The molecule has 1 fully saturated rings. The van der Waals surface area contributed by atoms with Crippen molar-refractivity contribution in [1.29, 1.82) is 5.26 Å². The Morgan fingerprint density at radius 2 is 1.90 bits per heavy atom. The van der Waals surface area contributed by atoms with Crippen molar-refractivity contribution < 1.29 is 33.7 Å². The van der Waals surface area contributed by atoms with E-state index >= 15 is 0 Å². The summed E-state index contributed by atoms with van der Waals surface area (Å²) in [5.41, 5.74) is -0.846. The van der Waals surface area contributed by atoms with E-state index in [0.29, 0.717) is 42.9 Å². The third-order valence-corrected chi connectivity index (χ3v) is 10.9. The molecule has 3 atom stereocenters. The number of nitrogens with one attached hydrogen (secondary N) is 1. The molecule has 0 bridgehead atoms. The second-order valence-corrected chi connectivity index (χ2v) is 13.9. The number of thioether (sulfide) groups is 1. The van der Waals surface area contributed by atoms with Gasteiger partial charge in [0.25, 0.3) is 0 Å². The Morgan fingerprint density at radius 1 is 1.20 bits per heavy atom. The molecule has 1 saturated heterocycles. The van der Waals surface area contributed by atoms with Gasteiger partial charge in [0.15, 0.2) is 17.3 Å². The van der Waals surface area contributed by atoms with Gasteiger partial charge in [-0.2, -0.15) is 5.26 Å². The first-order valence-corrected chi connectivity index (χ1v) is 17.9. The number of carbonyl (C=O) groups is 3. The maximum Gasteiger partial charge on any atom is 0.231 e. The summed E-state index contributed by atoms with van der Waals surface area (Å²) in [6.45, 7) is 2.86. The highest BCUT2D eigenvalue weighted by Crippen LogP contribution is 2.55. The molecule has 3 unspecified atom stereocenters. The molecule has 2 aliphatic heterocycles. The van der Waals surface area contributed by atoms with Crippen molar-refractivity contribution in [2.45, 2.75) is 55.1 Å². The lowest BCUT2D eigenvalue weighted by Crippen LogP contribution is -2.53. The largest absolute Gasteiger partial charge is 0.507 e. The van der Waals surface area contributed by atoms with Crippen LogP contribution in [0.15, 0.2) is 64.9 Å². The Kier molecular flexibility index (Phi) is 10.0. The van der Waals surface area contributed by atoms with E-state index in [1.807, 2.05) is 35.4 Å². The van der Waals surface area contributed by atoms with E-state index in [1.54, 1.807) is 37.0 Å². The highest BCUT2D eigenvalue weighted by Gasteiger charge is 2.61. The highest BCUT2D eigenvalue weighted by molar-refractivity contribution is 7.98. The van der Waals surface area contributed by atoms with Crippen molar-refractivity contribution in [3.05, 3.63) is 81.7 Å². The number of anilines is 1. The summed E-state index contributed by atoms with van der Waals surface area (Å²) in [6.07, 6.45) is 4.57. The van der Waals surface area contributed by atoms with Crippen LogP contribution in [0.25, 0.3) is 0 Å². The van der Waals surface area contributed by atoms with Crippen LogP contribution in [0.1, 0.15) is 60.0 Å². The third kappa shape index (κ3) is 6.03. The van der Waals surface area contributed by atoms with Gasteiger partial charge in [-0.1, -0.05) is 30.7 Å². The summed E-state index contributed by atoms with van der Waals surface area (Å²) in [5.74, 6) is -2.49. The fourth-order valence-electron chi connectivity index (χ4n) is 7.21. The first kappa shape index (κ1) is 35.1. The van der Waals surface area contributed by atoms with Crippen molar-refractivity contribution in [2.75, 3.05) is 38.5 Å². The first-order chi connectivity index (χ1) is 24.1. The minimum atomic E-state index is -1.97. The van der Waals surface area contributed by atoms with Gasteiger partial charge in [0, 0.05) is 66.5 Å². The van der Waals surface area contributed by atoms with Crippen LogP contribution in [0.4, 0.5) is 5.82 Å². The molecule has 1 aliphatic carbocycles. The van der Waals surface area contributed by atoms with E-state index in [1.165, 1.54) is 20.3 Å². The van der Waals surface area contributed by atoms with E-state index in [9.17, 15) is 24.8 Å². The Balaban J connectivity index is 1.32. The predicted molar refractivity (Wildman–Crippen MR) is 189 cm³/mol. The molecule has 3 aliphatic rings. The van der Waals surface area contributed by atoms with Gasteiger partial charge < -0.3 is 29.5 Å². The summed E-state index contributed by atoms with van der Waals surface area (Å²) < 4.78 is 17.2. The number of rotatable bonds is 9. The fourth-order valence-corrected chi connectivity index (χ4v) is 7.88. The second-order valence-electron chi connectivity index (χ2n) is 12.6. The van der Waals surface area contributed by atoms with Crippen LogP contribution in [-0.4, -0.2) is 72.8 Å². The maximum atomic E-state index is 14.4. The summed E-state index contributed by atoms with van der Waals surface area (Å²) in [5, 5.41) is 24.8. The Hall–Kier alpha value is -4.73. The van der Waals surface area contributed by atoms with Gasteiger partial charge >= 0.3 is 0 Å². The van der Waals surface area contributed by atoms with Gasteiger partial charge in [0.1, 0.15) is 34.0 Å². The number of pyridine rings is 1. The van der Waals surface area contributed by atoms with Gasteiger partial charge in [0.05, 0.1) is 19.8 Å². The number of nitrogens with zero attached hydrogens (tertiary/aromatic N) is 3. The number of piperidine rings is 1. The molecule has 3 aromatic rings. The minimum Gasteiger partial charge on any atom is -0.507 e. The molecule has 2 N–H and O–H groups in total. The van der Waals surface area contributed by atoms with Crippen molar-refractivity contribution in [3.8, 4) is 23.3 Å². The van der Waals surface area contributed by atoms with Gasteiger partial charge in [-0.05, 0) is 48.9 Å². The van der Waals surface area contributed by atoms with Gasteiger partial charge in [0.2, 0.25) is 17.3 Å². The minimum absolute atomic E-state index is 0.00230. The molecule has 1 amide bonds. The number of allylic oxidation sites excluding steroid dienone is 1. The molecule has 11 nitrogen and oxygen atoms in total. The number of hydrogen-bond donors (Lipinski definition) is 2. The van der Waals surface area contributed by atoms with Crippen molar-refractivity contribution in [2.24, 2.45) is 5.92 Å². The van der Waals surface area contributed by atoms with E-state index in [0.717, 1.165) is 4.90 Å². The van der Waals surface area contributed by atoms with Gasteiger partial charge in [-0.3, -0.25) is 14.4 Å². The molecular formula is C37H37ClN4O7S. The molecule has 1 spiro atoms. The summed E-state index contributed by atoms with van der Waals surface area (Å²) in [4.78, 5) is 49.5. The molecular weight excluding hydrogens is 680 g/mol. The lowest BCUT2D eigenvalue weighted by Gasteiger charge is -2.39. The Morgan fingerprint density at radius 3 is 2.54 bits per heavy atom. The number of ketones is 2. The summed E-state index contributed by atoms with van der Waals surface area (Å²) in [7, 11) is 2.82. The number of aliphatic hydroxyl groups excluding tert-OH is 1. The number of halogens is 1. The van der Waals surface area contributed by atoms with Crippen molar-refractivity contribution >= 4 is 46.7 Å². The summed E-state index contributed by atoms with van der Waals surface area (Å²) >= 11 is 8.17. The van der Waals surface area contributed by atoms with Crippen LogP contribution >= 0.6 is 23.4 Å². The van der Waals surface area contributed by atoms with Crippen LogP contribution in [0.2, 0.25) is 5.02 Å². The first-order valence-electron chi connectivity index (χ1n) is 16.3. The number of amides is 1. The number of nitriles is 1. The maximum absolute atomic E-state index is 14.4. The zero-order valence-electron chi connectivity index (χ0n) is 28.1. The molecule has 3 heterocycles. The van der Waals surface area contributed by atoms with E-state index < -0.39 is 29.0 Å². The van der Waals surface area contributed by atoms with Crippen LogP contribution in [0.5, 0.6) is 17.2 Å². The smallest absolute Gasteiger partial charge is 0.231 e. The summed E-state index contributed by atoms with van der Waals surface area (Å²) in [6, 6.07) is 14.4. The fraction of sp³-hybridized carbons (Fsp3) is 0.378. The van der Waals surface area contributed by atoms with E-state index in [2.05, 4.69) is 16.4 Å². The zero-order chi connectivity index (χ0) is 35.7.